The maximum absolute atomic E-state index is 14.1. The van der Waals surface area contributed by atoms with E-state index in [2.05, 4.69) is 13.8 Å². The highest BCUT2D eigenvalue weighted by molar-refractivity contribution is 7.87. The van der Waals surface area contributed by atoms with Crippen molar-refractivity contribution in [1.82, 2.24) is 0 Å². The summed E-state index contributed by atoms with van der Waals surface area (Å²) in [7, 11) is -4.05. The van der Waals surface area contributed by atoms with Gasteiger partial charge in [-0.3, -0.25) is 4.18 Å². The van der Waals surface area contributed by atoms with Crippen molar-refractivity contribution in [3.8, 4) is 0 Å². The summed E-state index contributed by atoms with van der Waals surface area (Å²) in [6.45, 7) is 4.60. The summed E-state index contributed by atoms with van der Waals surface area (Å²) >= 11 is 0. The van der Waals surface area contributed by atoms with Crippen LogP contribution in [0.4, 0.5) is 4.39 Å². The first kappa shape index (κ1) is 32.8. The lowest BCUT2D eigenvalue weighted by Crippen LogP contribution is -2.19. The Bertz CT molecular complexity index is 482. The van der Waals surface area contributed by atoms with Gasteiger partial charge in [0.1, 0.15) is 0 Å². The Morgan fingerprint density at radius 2 is 0.818 bits per heavy atom. The first-order valence-electron chi connectivity index (χ1n) is 14.6. The van der Waals surface area contributed by atoms with E-state index < -0.39 is 15.6 Å². The van der Waals surface area contributed by atoms with Gasteiger partial charge in [0.05, 0.1) is 6.61 Å². The molecule has 200 valence electrons. The fourth-order valence-corrected chi connectivity index (χ4v) is 5.26. The lowest BCUT2D eigenvalue weighted by molar-refractivity contribution is 0.270. The van der Waals surface area contributed by atoms with Gasteiger partial charge in [0, 0.05) is 0 Å². The van der Waals surface area contributed by atoms with Gasteiger partial charge >= 0.3 is 0 Å². The van der Waals surface area contributed by atoms with Crippen LogP contribution >= 0.6 is 0 Å². The largest absolute Gasteiger partial charge is 0.299 e. The second kappa shape index (κ2) is 24.9. The molecule has 1 atom stereocenters. The zero-order chi connectivity index (χ0) is 24.5. The Labute approximate surface area is 207 Å². The fourth-order valence-electron chi connectivity index (χ4n) is 4.31. The molecule has 0 aromatic carbocycles. The van der Waals surface area contributed by atoms with Crippen LogP contribution < -0.4 is 0 Å². The minimum atomic E-state index is -4.05. The SMILES string of the molecule is CCCCCCCCCCCCCCCCOS(=O)(=O)C(F)CCCCCCCCCCC. The summed E-state index contributed by atoms with van der Waals surface area (Å²) in [6, 6.07) is 0. The van der Waals surface area contributed by atoms with Crippen LogP contribution in [0.25, 0.3) is 0 Å². The molecular formula is C28H57FO3S. The molecule has 0 bridgehead atoms. The van der Waals surface area contributed by atoms with Crippen LogP contribution in [-0.4, -0.2) is 20.5 Å². The van der Waals surface area contributed by atoms with E-state index in [1.807, 2.05) is 0 Å². The van der Waals surface area contributed by atoms with E-state index in [-0.39, 0.29) is 13.0 Å². The maximum atomic E-state index is 14.1. The molecule has 33 heavy (non-hydrogen) atoms. The van der Waals surface area contributed by atoms with E-state index in [0.717, 1.165) is 25.7 Å². The number of unbranched alkanes of at least 4 members (excludes halogenated alkanes) is 21. The van der Waals surface area contributed by atoms with Crippen molar-refractivity contribution < 1.29 is 17.0 Å². The van der Waals surface area contributed by atoms with Crippen molar-refractivity contribution >= 4 is 10.1 Å². The van der Waals surface area contributed by atoms with Crippen molar-refractivity contribution in [3.05, 3.63) is 0 Å². The van der Waals surface area contributed by atoms with Gasteiger partial charge in [0.25, 0.3) is 10.1 Å². The average Bonchev–Trinajstić information content (AvgIpc) is 2.80. The average molecular weight is 493 g/mol. The predicted molar refractivity (Wildman–Crippen MR) is 142 cm³/mol. The zero-order valence-corrected chi connectivity index (χ0v) is 23.1. The van der Waals surface area contributed by atoms with Crippen LogP contribution in [0.5, 0.6) is 0 Å². The first-order valence-corrected chi connectivity index (χ1v) is 16.0. The minimum absolute atomic E-state index is 0.0664. The van der Waals surface area contributed by atoms with E-state index in [0.29, 0.717) is 12.8 Å². The Hall–Kier alpha value is -0.160. The van der Waals surface area contributed by atoms with Crippen LogP contribution in [-0.2, 0) is 14.3 Å². The Morgan fingerprint density at radius 1 is 0.515 bits per heavy atom. The quantitative estimate of drug-likeness (QED) is 0.0846. The Kier molecular flexibility index (Phi) is 24.8. The molecule has 0 fully saturated rings. The lowest BCUT2D eigenvalue weighted by Gasteiger charge is -2.10. The lowest BCUT2D eigenvalue weighted by atomic mass is 10.0. The van der Waals surface area contributed by atoms with Gasteiger partial charge in [0.2, 0.25) is 5.50 Å². The summed E-state index contributed by atoms with van der Waals surface area (Å²) in [5.41, 5.74) is -1.87. The van der Waals surface area contributed by atoms with Gasteiger partial charge in [-0.15, -0.1) is 0 Å². The standard InChI is InChI=1S/C28H57FO3S/c1-3-5-7-9-11-13-14-15-16-17-19-21-23-25-27-32-33(30,31)28(29)26-24-22-20-18-12-10-8-6-4-2/h28H,3-27H2,1-2H3. The molecule has 0 aromatic rings. The van der Waals surface area contributed by atoms with Gasteiger partial charge in [0.15, 0.2) is 0 Å². The van der Waals surface area contributed by atoms with Gasteiger partial charge in [-0.2, -0.15) is 8.42 Å². The number of hydrogen-bond donors (Lipinski definition) is 0. The van der Waals surface area contributed by atoms with Crippen molar-refractivity contribution in [2.75, 3.05) is 6.61 Å². The molecule has 0 N–H and O–H groups in total. The van der Waals surface area contributed by atoms with Crippen LogP contribution in [0.2, 0.25) is 0 Å². The monoisotopic (exact) mass is 492 g/mol. The van der Waals surface area contributed by atoms with Crippen molar-refractivity contribution in [3.63, 3.8) is 0 Å². The molecular weight excluding hydrogens is 435 g/mol. The topological polar surface area (TPSA) is 43.4 Å². The fraction of sp³-hybridized carbons (Fsp3) is 1.00. The van der Waals surface area contributed by atoms with Crippen LogP contribution in [0.1, 0.15) is 168 Å². The van der Waals surface area contributed by atoms with Crippen molar-refractivity contribution in [1.29, 1.82) is 0 Å². The second-order valence-corrected chi connectivity index (χ2v) is 11.7. The number of rotatable bonds is 27. The highest BCUT2D eigenvalue weighted by Crippen LogP contribution is 2.18. The Morgan fingerprint density at radius 3 is 1.18 bits per heavy atom. The summed E-state index contributed by atoms with van der Waals surface area (Å²) < 4.78 is 42.9. The molecule has 0 aliphatic heterocycles. The zero-order valence-electron chi connectivity index (χ0n) is 22.3. The van der Waals surface area contributed by atoms with Crippen molar-refractivity contribution in [2.45, 2.75) is 173 Å². The molecule has 0 rings (SSSR count). The number of alkyl halides is 1. The van der Waals surface area contributed by atoms with Crippen LogP contribution in [0.3, 0.4) is 0 Å². The molecule has 0 aliphatic rings. The molecule has 5 heteroatoms. The molecule has 0 saturated heterocycles. The summed E-state index contributed by atoms with van der Waals surface area (Å²) in [5, 5.41) is 0. The number of halogens is 1. The molecule has 0 saturated carbocycles. The van der Waals surface area contributed by atoms with Gasteiger partial charge < -0.3 is 0 Å². The van der Waals surface area contributed by atoms with Gasteiger partial charge in [-0.1, -0.05) is 149 Å². The maximum Gasteiger partial charge on any atom is 0.299 e. The van der Waals surface area contributed by atoms with E-state index >= 15 is 0 Å². The smallest absolute Gasteiger partial charge is 0.268 e. The van der Waals surface area contributed by atoms with Crippen molar-refractivity contribution in [2.24, 2.45) is 0 Å². The molecule has 0 radical (unpaired) electrons. The van der Waals surface area contributed by atoms with E-state index in [9.17, 15) is 12.8 Å². The normalized spacial score (nSPS) is 12.9. The highest BCUT2D eigenvalue weighted by atomic mass is 32.2. The van der Waals surface area contributed by atoms with E-state index in [1.54, 1.807) is 0 Å². The molecule has 0 amide bonds. The minimum Gasteiger partial charge on any atom is -0.268 e. The third kappa shape index (κ3) is 23.4. The molecule has 0 heterocycles. The summed E-state index contributed by atoms with van der Waals surface area (Å²) in [4.78, 5) is 0. The predicted octanol–water partition coefficient (Wildman–Crippen LogP) is 10.0. The molecule has 0 spiro atoms. The van der Waals surface area contributed by atoms with Gasteiger partial charge in [-0.25, -0.2) is 4.39 Å². The summed E-state index contributed by atoms with van der Waals surface area (Å²) in [5.74, 6) is 0. The first-order chi connectivity index (χ1) is 16.0. The van der Waals surface area contributed by atoms with E-state index in [4.69, 9.17) is 4.18 Å². The van der Waals surface area contributed by atoms with Crippen LogP contribution in [0.15, 0.2) is 0 Å². The molecule has 3 nitrogen and oxygen atoms in total. The molecule has 1 unspecified atom stereocenters. The molecule has 0 aromatic heterocycles. The van der Waals surface area contributed by atoms with Gasteiger partial charge in [-0.05, 0) is 19.3 Å². The number of hydrogen-bond acceptors (Lipinski definition) is 3. The van der Waals surface area contributed by atoms with E-state index in [1.165, 1.54) is 109 Å². The third-order valence-electron chi connectivity index (χ3n) is 6.59. The second-order valence-electron chi connectivity index (χ2n) is 9.94. The third-order valence-corrected chi connectivity index (χ3v) is 7.95. The highest BCUT2D eigenvalue weighted by Gasteiger charge is 2.25. The molecule has 0 aliphatic carbocycles. The van der Waals surface area contributed by atoms with Crippen LogP contribution in [0, 0.1) is 0 Å². The summed E-state index contributed by atoms with van der Waals surface area (Å²) in [6.07, 6.45) is 27.7. The Balaban J connectivity index is 3.44.